The first kappa shape index (κ1) is 32.3. The Balaban J connectivity index is 2.26. The predicted molar refractivity (Wildman–Crippen MR) is 141 cm³/mol. The summed E-state index contributed by atoms with van der Waals surface area (Å²) in [5, 5.41) is 10.9. The fourth-order valence-corrected chi connectivity index (χ4v) is 4.53. The normalized spacial score (nSPS) is 24.3. The number of hydrogen-bond donors (Lipinski definition) is 1. The topological polar surface area (TPSA) is 127 Å². The van der Waals surface area contributed by atoms with Gasteiger partial charge in [0.15, 0.2) is 6.10 Å². The lowest BCUT2D eigenvalue weighted by atomic mass is 9.74. The third-order valence-electron chi connectivity index (χ3n) is 6.64. The van der Waals surface area contributed by atoms with Crippen LogP contribution in [-0.2, 0) is 49.4 Å². The van der Waals surface area contributed by atoms with E-state index in [4.69, 9.17) is 28.4 Å². The number of hydrogen-bond acceptors (Lipinski definition) is 10. The Labute approximate surface area is 229 Å². The van der Waals surface area contributed by atoms with Crippen LogP contribution in [0.1, 0.15) is 46.1 Å². The molecule has 0 bridgehead atoms. The number of aliphatic hydroxyl groups excluding tert-OH is 1. The average molecular weight is 549 g/mol. The number of aliphatic hydroxyl groups is 1. The quantitative estimate of drug-likeness (QED) is 0.122. The molecule has 1 aromatic carbocycles. The van der Waals surface area contributed by atoms with Gasteiger partial charge < -0.3 is 33.5 Å². The van der Waals surface area contributed by atoms with Crippen molar-refractivity contribution in [3.63, 3.8) is 0 Å². The maximum absolute atomic E-state index is 12.3. The second-order valence-corrected chi connectivity index (χ2v) is 9.89. The number of esters is 2. The Hall–Kier alpha value is -2.89. The van der Waals surface area contributed by atoms with E-state index in [9.17, 15) is 19.5 Å². The van der Waals surface area contributed by atoms with Gasteiger partial charge in [-0.1, -0.05) is 50.3 Å². The molecule has 1 aromatic rings. The molecule has 2 rings (SSSR count). The highest BCUT2D eigenvalue weighted by molar-refractivity contribution is 5.83. The number of carbonyl (C=O) groups is 3. The maximum Gasteiger partial charge on any atom is 0.330 e. The predicted octanol–water partition coefficient (Wildman–Crippen LogP) is 3.26. The zero-order valence-electron chi connectivity index (χ0n) is 23.5. The molecular formula is C29H40O10. The molecule has 39 heavy (non-hydrogen) atoms. The van der Waals surface area contributed by atoms with Crippen LogP contribution in [0, 0.1) is 5.41 Å². The molecule has 10 nitrogen and oxygen atoms in total. The monoisotopic (exact) mass is 548 g/mol. The summed E-state index contributed by atoms with van der Waals surface area (Å²) in [5.41, 5.74) is 0.351. The largest absolute Gasteiger partial charge is 0.466 e. The number of carbonyl (C=O) groups excluding carboxylic acids is 3. The van der Waals surface area contributed by atoms with Crippen molar-refractivity contribution in [1.29, 1.82) is 0 Å². The lowest BCUT2D eigenvalue weighted by Gasteiger charge is -2.53. The number of allylic oxidation sites excluding steroid dienone is 1. The average Bonchev–Trinajstić information content (AvgIpc) is 2.91. The molecule has 0 spiro atoms. The SMILES string of the molecule is COC(=O)/C=C1\C[C@@H](C[C@@H](O)[C@@H](C)OCOCc2ccccc2)O[C@@](OC)(C(C)(C)/C=C/C=O)[C@H]1OC(C)=O. The van der Waals surface area contributed by atoms with Gasteiger partial charge in [0.2, 0.25) is 5.79 Å². The number of benzene rings is 1. The van der Waals surface area contributed by atoms with Crippen LogP contribution in [0.15, 0.2) is 54.1 Å². The van der Waals surface area contributed by atoms with Gasteiger partial charge in [0, 0.05) is 31.9 Å². The summed E-state index contributed by atoms with van der Waals surface area (Å²) in [6, 6.07) is 9.64. The Morgan fingerprint density at radius 1 is 1.23 bits per heavy atom. The van der Waals surface area contributed by atoms with Crippen molar-refractivity contribution in [2.24, 2.45) is 5.41 Å². The molecule has 10 heteroatoms. The summed E-state index contributed by atoms with van der Waals surface area (Å²) < 4.78 is 34.0. The van der Waals surface area contributed by atoms with Gasteiger partial charge in [-0.15, -0.1) is 0 Å². The highest BCUT2D eigenvalue weighted by Gasteiger charge is 2.59. The van der Waals surface area contributed by atoms with E-state index < -0.39 is 47.6 Å². The first-order valence-corrected chi connectivity index (χ1v) is 12.7. The summed E-state index contributed by atoms with van der Waals surface area (Å²) in [6.07, 6.45) is 1.56. The molecule has 0 saturated carbocycles. The number of rotatable bonds is 14. The molecular weight excluding hydrogens is 508 g/mol. The van der Waals surface area contributed by atoms with Crippen LogP contribution >= 0.6 is 0 Å². The molecule has 1 N–H and O–H groups in total. The van der Waals surface area contributed by atoms with Crippen LogP contribution in [0.2, 0.25) is 0 Å². The summed E-state index contributed by atoms with van der Waals surface area (Å²) in [6.45, 7) is 6.79. The second kappa shape index (κ2) is 15.0. The molecule has 0 amide bonds. The third-order valence-corrected chi connectivity index (χ3v) is 6.64. The standard InChI is InChI=1S/C29H40O10/c1-20(37-19-36-18-22-11-8-7-9-12-22)25(32)17-24-15-23(16-26(33)34-5)27(38-21(2)31)29(35-6,39-24)28(3,4)13-10-14-30/h7-14,16,20,24-25,27,32H,15,17-19H2,1-6H3/b13-10+,23-16+/t20-,24+,25-,27+,29-/m1/s1. The van der Waals surface area contributed by atoms with E-state index >= 15 is 0 Å². The van der Waals surface area contributed by atoms with E-state index in [0.29, 0.717) is 18.5 Å². The number of aldehydes is 1. The molecule has 0 unspecified atom stereocenters. The van der Waals surface area contributed by atoms with Gasteiger partial charge in [-0.3, -0.25) is 9.59 Å². The van der Waals surface area contributed by atoms with Crippen LogP contribution in [0.5, 0.6) is 0 Å². The molecule has 1 aliphatic heterocycles. The molecule has 0 radical (unpaired) electrons. The molecule has 5 atom stereocenters. The van der Waals surface area contributed by atoms with Gasteiger partial charge in [-0.05, 0) is 30.6 Å². The summed E-state index contributed by atoms with van der Waals surface area (Å²) in [7, 11) is 2.62. The maximum atomic E-state index is 12.3. The van der Waals surface area contributed by atoms with Crippen LogP contribution < -0.4 is 0 Å². The van der Waals surface area contributed by atoms with E-state index in [1.807, 2.05) is 30.3 Å². The Bertz CT molecular complexity index is 1000. The lowest BCUT2D eigenvalue weighted by Crippen LogP contribution is -2.63. The van der Waals surface area contributed by atoms with Crippen LogP contribution in [0.4, 0.5) is 0 Å². The van der Waals surface area contributed by atoms with E-state index in [0.717, 1.165) is 5.56 Å². The van der Waals surface area contributed by atoms with E-state index in [1.165, 1.54) is 33.3 Å². The number of ether oxygens (including phenoxy) is 6. The van der Waals surface area contributed by atoms with Crippen molar-refractivity contribution in [2.45, 2.75) is 77.3 Å². The minimum atomic E-state index is -1.65. The van der Waals surface area contributed by atoms with E-state index in [-0.39, 0.29) is 19.6 Å². The van der Waals surface area contributed by atoms with Gasteiger partial charge in [0.25, 0.3) is 0 Å². The van der Waals surface area contributed by atoms with Gasteiger partial charge in [-0.2, -0.15) is 0 Å². The zero-order valence-corrected chi connectivity index (χ0v) is 23.5. The van der Waals surface area contributed by atoms with Gasteiger partial charge in [0.1, 0.15) is 13.1 Å². The van der Waals surface area contributed by atoms with Gasteiger partial charge in [0.05, 0.1) is 32.0 Å². The second-order valence-electron chi connectivity index (χ2n) is 9.89. The minimum Gasteiger partial charge on any atom is -0.466 e. The number of methoxy groups -OCH3 is 2. The first-order chi connectivity index (χ1) is 18.5. The van der Waals surface area contributed by atoms with Crippen LogP contribution in [-0.4, -0.2) is 74.5 Å². The van der Waals surface area contributed by atoms with Crippen molar-refractivity contribution < 1.29 is 47.9 Å². The van der Waals surface area contributed by atoms with Crippen molar-refractivity contribution in [3.8, 4) is 0 Å². The molecule has 1 aliphatic rings. The molecule has 1 fully saturated rings. The summed E-state index contributed by atoms with van der Waals surface area (Å²) in [5.74, 6) is -2.92. The zero-order chi connectivity index (χ0) is 29.1. The first-order valence-electron chi connectivity index (χ1n) is 12.7. The Kier molecular flexibility index (Phi) is 12.5. The smallest absolute Gasteiger partial charge is 0.330 e. The molecule has 216 valence electrons. The fraction of sp³-hybridized carbons (Fsp3) is 0.552. The van der Waals surface area contributed by atoms with Gasteiger partial charge in [-0.25, -0.2) is 4.79 Å². The van der Waals surface area contributed by atoms with E-state index in [2.05, 4.69) is 0 Å². The highest BCUT2D eigenvalue weighted by Crippen LogP contribution is 2.48. The van der Waals surface area contributed by atoms with Crippen LogP contribution in [0.3, 0.4) is 0 Å². The molecule has 1 heterocycles. The van der Waals surface area contributed by atoms with Crippen LogP contribution in [0.25, 0.3) is 0 Å². The summed E-state index contributed by atoms with van der Waals surface area (Å²) >= 11 is 0. The molecule has 0 aliphatic carbocycles. The van der Waals surface area contributed by atoms with Gasteiger partial charge >= 0.3 is 11.9 Å². The van der Waals surface area contributed by atoms with Crippen molar-refractivity contribution in [1.82, 2.24) is 0 Å². The third kappa shape index (κ3) is 8.81. The highest BCUT2D eigenvalue weighted by atomic mass is 16.7. The van der Waals surface area contributed by atoms with Crippen molar-refractivity contribution >= 4 is 18.2 Å². The van der Waals surface area contributed by atoms with Crippen molar-refractivity contribution in [3.05, 3.63) is 59.7 Å². The Morgan fingerprint density at radius 3 is 2.51 bits per heavy atom. The molecule has 1 saturated heterocycles. The van der Waals surface area contributed by atoms with Crippen molar-refractivity contribution in [2.75, 3.05) is 21.0 Å². The van der Waals surface area contributed by atoms with E-state index in [1.54, 1.807) is 26.8 Å². The molecule has 0 aromatic heterocycles. The fourth-order valence-electron chi connectivity index (χ4n) is 4.53. The Morgan fingerprint density at radius 2 is 1.92 bits per heavy atom. The minimum absolute atomic E-state index is 0.0216. The summed E-state index contributed by atoms with van der Waals surface area (Å²) in [4.78, 5) is 35.5. The lowest BCUT2D eigenvalue weighted by molar-refractivity contribution is -0.338.